The van der Waals surface area contributed by atoms with Gasteiger partial charge in [0.15, 0.2) is 6.29 Å². The summed E-state index contributed by atoms with van der Waals surface area (Å²) in [5.74, 6) is 5.81. The summed E-state index contributed by atoms with van der Waals surface area (Å²) < 4.78 is 10.6. The molecule has 7 nitrogen and oxygen atoms in total. The van der Waals surface area contributed by atoms with E-state index in [4.69, 9.17) is 9.47 Å². The number of ether oxygens (including phenoxy) is 2. The molecule has 7 heteroatoms. The zero-order valence-corrected chi connectivity index (χ0v) is 19.1. The maximum Gasteiger partial charge on any atom is 0.410 e. The fraction of sp³-hybridized carbons (Fsp3) is 0.346. The Morgan fingerprint density at radius 1 is 1.15 bits per heavy atom. The van der Waals surface area contributed by atoms with Gasteiger partial charge >= 0.3 is 12.2 Å². The number of nitrogens with zero attached hydrogens (tertiary/aromatic N) is 1. The minimum Gasteiger partial charge on any atom is -0.445 e. The lowest BCUT2D eigenvalue weighted by molar-refractivity contribution is 0.0224. The number of carbonyl (C=O) groups is 3. The fourth-order valence-corrected chi connectivity index (χ4v) is 3.35. The minimum atomic E-state index is -0.563. The summed E-state index contributed by atoms with van der Waals surface area (Å²) in [5.41, 5.74) is 3.32. The van der Waals surface area contributed by atoms with Gasteiger partial charge in [0.1, 0.15) is 12.2 Å². The van der Waals surface area contributed by atoms with Gasteiger partial charge < -0.3 is 19.7 Å². The average molecular weight is 449 g/mol. The second-order valence-corrected chi connectivity index (χ2v) is 8.69. The van der Waals surface area contributed by atoms with Crippen molar-refractivity contribution in [1.82, 2.24) is 10.2 Å². The van der Waals surface area contributed by atoms with Crippen LogP contribution in [0.25, 0.3) is 0 Å². The SMILES string of the molecule is CC(C)(C)OC(=O)N1CCc2cc(C#CCNC(=O)OCc3ccccc3)c(C=O)cc2C1. The van der Waals surface area contributed by atoms with E-state index in [2.05, 4.69) is 17.2 Å². The molecule has 0 fully saturated rings. The molecule has 2 amide bonds. The van der Waals surface area contributed by atoms with E-state index >= 15 is 0 Å². The smallest absolute Gasteiger partial charge is 0.410 e. The summed E-state index contributed by atoms with van der Waals surface area (Å²) in [6.45, 7) is 6.68. The van der Waals surface area contributed by atoms with Crippen molar-refractivity contribution < 1.29 is 23.9 Å². The first-order valence-corrected chi connectivity index (χ1v) is 10.8. The highest BCUT2D eigenvalue weighted by atomic mass is 16.6. The van der Waals surface area contributed by atoms with Gasteiger partial charge in [0.25, 0.3) is 0 Å². The zero-order valence-electron chi connectivity index (χ0n) is 19.1. The van der Waals surface area contributed by atoms with Crippen LogP contribution in [-0.4, -0.2) is 42.1 Å². The third kappa shape index (κ3) is 7.11. The minimum absolute atomic E-state index is 0.0927. The maximum atomic E-state index is 12.4. The van der Waals surface area contributed by atoms with E-state index in [0.29, 0.717) is 30.6 Å². The summed E-state index contributed by atoms with van der Waals surface area (Å²) in [4.78, 5) is 37.4. The van der Waals surface area contributed by atoms with E-state index in [1.807, 2.05) is 57.2 Å². The maximum absolute atomic E-state index is 12.4. The largest absolute Gasteiger partial charge is 0.445 e. The van der Waals surface area contributed by atoms with Gasteiger partial charge in [-0.15, -0.1) is 0 Å². The second kappa shape index (κ2) is 10.7. The number of carbonyl (C=O) groups excluding carboxylic acids is 3. The number of hydrogen-bond donors (Lipinski definition) is 1. The lowest BCUT2D eigenvalue weighted by Crippen LogP contribution is -2.40. The molecule has 2 aromatic carbocycles. The molecular formula is C26H28N2O5. The monoisotopic (exact) mass is 448 g/mol. The molecule has 0 radical (unpaired) electrons. The van der Waals surface area contributed by atoms with Crippen molar-refractivity contribution in [2.75, 3.05) is 13.1 Å². The van der Waals surface area contributed by atoms with Crippen molar-refractivity contribution >= 4 is 18.5 Å². The highest BCUT2D eigenvalue weighted by Gasteiger charge is 2.26. The van der Waals surface area contributed by atoms with Crippen LogP contribution in [0.4, 0.5) is 9.59 Å². The average Bonchev–Trinajstić information content (AvgIpc) is 2.79. The quantitative estimate of drug-likeness (QED) is 0.563. The topological polar surface area (TPSA) is 84.9 Å². The van der Waals surface area contributed by atoms with E-state index in [0.717, 1.165) is 23.0 Å². The molecule has 0 unspecified atom stereocenters. The first-order valence-electron chi connectivity index (χ1n) is 10.8. The highest BCUT2D eigenvalue weighted by Crippen LogP contribution is 2.24. The molecule has 0 atom stereocenters. The van der Waals surface area contributed by atoms with Gasteiger partial charge in [-0.05, 0) is 56.0 Å². The Bertz CT molecular complexity index is 1080. The molecule has 1 N–H and O–H groups in total. The zero-order chi connectivity index (χ0) is 23.8. The Balaban J connectivity index is 1.58. The molecule has 172 valence electrons. The summed E-state index contributed by atoms with van der Waals surface area (Å²) in [5, 5.41) is 2.58. The Morgan fingerprint density at radius 2 is 1.91 bits per heavy atom. The molecular weight excluding hydrogens is 420 g/mol. The first kappa shape index (κ1) is 23.9. The number of alkyl carbamates (subject to hydrolysis) is 1. The molecule has 2 aromatic rings. The van der Waals surface area contributed by atoms with Crippen LogP contribution in [0.5, 0.6) is 0 Å². The van der Waals surface area contributed by atoms with Gasteiger partial charge in [-0.2, -0.15) is 0 Å². The third-order valence-corrected chi connectivity index (χ3v) is 4.92. The number of fused-ring (bicyclic) bond motifs is 1. The Kier molecular flexibility index (Phi) is 7.73. The molecule has 3 rings (SSSR count). The Labute approximate surface area is 194 Å². The number of aldehydes is 1. The van der Waals surface area contributed by atoms with Gasteiger partial charge in [0.05, 0.1) is 6.54 Å². The molecule has 0 bridgehead atoms. The number of rotatable bonds is 4. The van der Waals surface area contributed by atoms with Crippen LogP contribution >= 0.6 is 0 Å². The highest BCUT2D eigenvalue weighted by molar-refractivity contribution is 5.80. The summed E-state index contributed by atoms with van der Waals surface area (Å²) in [7, 11) is 0. The van der Waals surface area contributed by atoms with Crippen molar-refractivity contribution in [3.05, 3.63) is 70.3 Å². The summed E-state index contributed by atoms with van der Waals surface area (Å²) in [6.07, 6.45) is 0.469. The normalized spacial score (nSPS) is 12.6. The second-order valence-electron chi connectivity index (χ2n) is 8.69. The number of nitrogens with one attached hydrogen (secondary N) is 1. The van der Waals surface area contributed by atoms with E-state index in [-0.39, 0.29) is 19.2 Å². The van der Waals surface area contributed by atoms with Crippen LogP contribution in [0.3, 0.4) is 0 Å². The van der Waals surface area contributed by atoms with Crippen molar-refractivity contribution in [3.8, 4) is 11.8 Å². The van der Waals surface area contributed by atoms with Crippen molar-refractivity contribution in [3.63, 3.8) is 0 Å². The van der Waals surface area contributed by atoms with Crippen LogP contribution in [0.2, 0.25) is 0 Å². The van der Waals surface area contributed by atoms with Crippen LogP contribution in [0.1, 0.15) is 53.4 Å². The molecule has 1 heterocycles. The van der Waals surface area contributed by atoms with E-state index < -0.39 is 11.7 Å². The molecule has 1 aliphatic heterocycles. The first-order chi connectivity index (χ1) is 15.7. The van der Waals surface area contributed by atoms with Crippen LogP contribution < -0.4 is 5.32 Å². The van der Waals surface area contributed by atoms with Gasteiger partial charge in [-0.25, -0.2) is 9.59 Å². The summed E-state index contributed by atoms with van der Waals surface area (Å²) >= 11 is 0. The van der Waals surface area contributed by atoms with E-state index in [1.54, 1.807) is 11.0 Å². The predicted molar refractivity (Wildman–Crippen MR) is 124 cm³/mol. The van der Waals surface area contributed by atoms with E-state index in [1.165, 1.54) is 0 Å². The molecule has 0 aliphatic carbocycles. The fourth-order valence-electron chi connectivity index (χ4n) is 3.35. The molecule has 0 spiro atoms. The van der Waals surface area contributed by atoms with Crippen LogP contribution in [0, 0.1) is 11.8 Å². The number of amides is 2. The van der Waals surface area contributed by atoms with Gasteiger partial charge in [-0.3, -0.25) is 4.79 Å². The van der Waals surface area contributed by atoms with Crippen molar-refractivity contribution in [2.24, 2.45) is 0 Å². The van der Waals surface area contributed by atoms with Gasteiger partial charge in [0, 0.05) is 24.2 Å². The molecule has 0 aromatic heterocycles. The summed E-state index contributed by atoms with van der Waals surface area (Å²) in [6, 6.07) is 13.0. The third-order valence-electron chi connectivity index (χ3n) is 4.92. The van der Waals surface area contributed by atoms with Crippen molar-refractivity contribution in [1.29, 1.82) is 0 Å². The van der Waals surface area contributed by atoms with E-state index in [9.17, 15) is 14.4 Å². The molecule has 0 saturated heterocycles. The lowest BCUT2D eigenvalue weighted by atomic mass is 9.94. The molecule has 0 saturated carbocycles. The number of hydrogen-bond acceptors (Lipinski definition) is 5. The van der Waals surface area contributed by atoms with Gasteiger partial charge in [0.2, 0.25) is 0 Å². The van der Waals surface area contributed by atoms with Crippen LogP contribution in [0.15, 0.2) is 42.5 Å². The van der Waals surface area contributed by atoms with Crippen molar-refractivity contribution in [2.45, 2.75) is 45.9 Å². The molecule has 33 heavy (non-hydrogen) atoms. The molecule has 1 aliphatic rings. The Hall–Kier alpha value is -3.79. The standard InChI is InChI=1S/C26H28N2O5/c1-26(2,3)33-25(31)28-13-11-21-14-20(23(17-29)15-22(21)16-28)10-7-12-27-24(30)32-18-19-8-5-4-6-9-19/h4-6,8-9,14-15,17H,11-13,16,18H2,1-3H3,(H,27,30). The van der Waals surface area contributed by atoms with Gasteiger partial charge in [-0.1, -0.05) is 42.2 Å². The van der Waals surface area contributed by atoms with Crippen LogP contribution in [-0.2, 0) is 29.0 Å². The Morgan fingerprint density at radius 3 is 2.61 bits per heavy atom. The lowest BCUT2D eigenvalue weighted by Gasteiger charge is -2.31. The number of benzene rings is 2. The predicted octanol–water partition coefficient (Wildman–Crippen LogP) is 4.07.